The highest BCUT2D eigenvalue weighted by Crippen LogP contribution is 2.25. The summed E-state index contributed by atoms with van der Waals surface area (Å²) in [5.74, 6) is -0.382. The van der Waals surface area contributed by atoms with Crippen molar-refractivity contribution in [2.45, 2.75) is 25.8 Å². The van der Waals surface area contributed by atoms with Gasteiger partial charge >= 0.3 is 0 Å². The Morgan fingerprint density at radius 3 is 2.30 bits per heavy atom. The zero-order chi connectivity index (χ0) is 14.5. The highest BCUT2D eigenvalue weighted by Gasteiger charge is 2.13. The van der Waals surface area contributed by atoms with Gasteiger partial charge in [0.25, 0.3) is 0 Å². The predicted octanol–water partition coefficient (Wildman–Crippen LogP) is 4.74. The Morgan fingerprint density at radius 1 is 1.10 bits per heavy atom. The third-order valence-electron chi connectivity index (χ3n) is 3.42. The number of hydrogen-bond acceptors (Lipinski definition) is 1. The highest BCUT2D eigenvalue weighted by molar-refractivity contribution is 6.30. The van der Waals surface area contributed by atoms with Crippen LogP contribution in [0.5, 0.6) is 0 Å². The van der Waals surface area contributed by atoms with Gasteiger partial charge < -0.3 is 5.32 Å². The summed E-state index contributed by atoms with van der Waals surface area (Å²) in [7, 11) is 1.87. The number of halogens is 2. The van der Waals surface area contributed by atoms with Crippen LogP contribution >= 0.6 is 11.6 Å². The maximum Gasteiger partial charge on any atom is 0.142 e. The maximum absolute atomic E-state index is 13.6. The summed E-state index contributed by atoms with van der Waals surface area (Å²) >= 11 is 5.73. The molecule has 0 amide bonds. The lowest BCUT2D eigenvalue weighted by Crippen LogP contribution is -2.17. The quantitative estimate of drug-likeness (QED) is 0.839. The zero-order valence-electron chi connectivity index (χ0n) is 11.8. The Hall–Kier alpha value is -1.38. The lowest BCUT2D eigenvalue weighted by molar-refractivity contribution is 0.617. The lowest BCUT2D eigenvalue weighted by atomic mass is 9.97. The summed E-state index contributed by atoms with van der Waals surface area (Å²) in [5.41, 5.74) is 3.32. The molecule has 0 radical (unpaired) electrons. The molecule has 0 fully saturated rings. The van der Waals surface area contributed by atoms with Crippen LogP contribution in [0, 0.1) is 5.82 Å². The summed E-state index contributed by atoms with van der Waals surface area (Å²) in [6, 6.07) is 13.4. The zero-order valence-corrected chi connectivity index (χ0v) is 12.5. The Balaban J connectivity index is 2.29. The van der Waals surface area contributed by atoms with Gasteiger partial charge in [-0.1, -0.05) is 55.3 Å². The van der Waals surface area contributed by atoms with E-state index >= 15 is 0 Å². The summed E-state index contributed by atoms with van der Waals surface area (Å²) in [5, 5.41) is 3.38. The van der Waals surface area contributed by atoms with Crippen LogP contribution in [-0.2, 0) is 6.42 Å². The summed E-state index contributed by atoms with van der Waals surface area (Å²) in [6.07, 6.45) is 2.22. The SMILES string of the molecule is CCCc1ccc(C(NC)c2ccc(Cl)c(F)c2)cc1. The number of aryl methyl sites for hydroxylation is 1. The molecule has 106 valence electrons. The molecule has 0 bridgehead atoms. The first-order valence-corrected chi connectivity index (χ1v) is 7.24. The lowest BCUT2D eigenvalue weighted by Gasteiger charge is -2.18. The van der Waals surface area contributed by atoms with Gasteiger partial charge in [-0.25, -0.2) is 4.39 Å². The second-order valence-corrected chi connectivity index (χ2v) is 5.29. The molecule has 3 heteroatoms. The van der Waals surface area contributed by atoms with E-state index in [1.54, 1.807) is 6.07 Å². The van der Waals surface area contributed by atoms with Crippen LogP contribution in [0.1, 0.15) is 36.1 Å². The average molecular weight is 292 g/mol. The van der Waals surface area contributed by atoms with E-state index in [1.807, 2.05) is 13.1 Å². The highest BCUT2D eigenvalue weighted by atomic mass is 35.5. The predicted molar refractivity (Wildman–Crippen MR) is 82.7 cm³/mol. The molecule has 0 heterocycles. The molecule has 2 rings (SSSR count). The monoisotopic (exact) mass is 291 g/mol. The van der Waals surface area contributed by atoms with Gasteiger partial charge in [-0.3, -0.25) is 0 Å². The number of rotatable bonds is 5. The minimum Gasteiger partial charge on any atom is -0.309 e. The van der Waals surface area contributed by atoms with Gasteiger partial charge in [0.2, 0.25) is 0 Å². The largest absolute Gasteiger partial charge is 0.309 e. The fraction of sp³-hybridized carbons (Fsp3) is 0.294. The van der Waals surface area contributed by atoms with Gasteiger partial charge in [0.05, 0.1) is 11.1 Å². The van der Waals surface area contributed by atoms with E-state index in [4.69, 9.17) is 11.6 Å². The smallest absolute Gasteiger partial charge is 0.142 e. The molecule has 2 aromatic rings. The second kappa shape index (κ2) is 6.87. The van der Waals surface area contributed by atoms with Gasteiger partial charge in [0, 0.05) is 0 Å². The molecule has 0 aliphatic rings. The first-order valence-electron chi connectivity index (χ1n) is 6.86. The number of hydrogen-bond donors (Lipinski definition) is 1. The molecule has 20 heavy (non-hydrogen) atoms. The van der Waals surface area contributed by atoms with Crippen molar-refractivity contribution >= 4 is 11.6 Å². The number of benzene rings is 2. The first-order chi connectivity index (χ1) is 9.65. The van der Waals surface area contributed by atoms with E-state index < -0.39 is 0 Å². The Labute approximate surface area is 124 Å². The van der Waals surface area contributed by atoms with Gasteiger partial charge in [-0.2, -0.15) is 0 Å². The summed E-state index contributed by atoms with van der Waals surface area (Å²) in [6.45, 7) is 2.17. The van der Waals surface area contributed by atoms with Crippen molar-refractivity contribution in [3.8, 4) is 0 Å². The Kier molecular flexibility index (Phi) is 5.16. The van der Waals surface area contributed by atoms with Crippen molar-refractivity contribution in [2.75, 3.05) is 7.05 Å². The van der Waals surface area contributed by atoms with E-state index in [0.29, 0.717) is 0 Å². The minimum absolute atomic E-state index is 0.0301. The Bertz CT molecular complexity index is 566. The van der Waals surface area contributed by atoms with Gasteiger partial charge in [-0.15, -0.1) is 0 Å². The molecule has 0 aromatic heterocycles. The summed E-state index contributed by atoms with van der Waals surface area (Å²) in [4.78, 5) is 0. The fourth-order valence-corrected chi connectivity index (χ4v) is 2.50. The molecular formula is C17H19ClFN. The fourth-order valence-electron chi connectivity index (χ4n) is 2.38. The maximum atomic E-state index is 13.6. The van der Waals surface area contributed by atoms with E-state index in [1.165, 1.54) is 11.6 Å². The van der Waals surface area contributed by atoms with Crippen molar-refractivity contribution in [1.29, 1.82) is 0 Å². The minimum atomic E-state index is -0.382. The molecule has 0 aliphatic heterocycles. The van der Waals surface area contributed by atoms with E-state index in [-0.39, 0.29) is 16.9 Å². The average Bonchev–Trinajstić information content (AvgIpc) is 2.46. The summed E-state index contributed by atoms with van der Waals surface area (Å²) < 4.78 is 13.6. The topological polar surface area (TPSA) is 12.0 Å². The molecule has 0 saturated heterocycles. The van der Waals surface area contributed by atoms with Gasteiger partial charge in [0.1, 0.15) is 5.82 Å². The molecule has 0 spiro atoms. The molecule has 1 N–H and O–H groups in total. The van der Waals surface area contributed by atoms with Crippen LogP contribution in [-0.4, -0.2) is 7.05 Å². The van der Waals surface area contributed by atoms with Crippen molar-refractivity contribution in [3.05, 3.63) is 70.0 Å². The standard InChI is InChI=1S/C17H19ClFN/c1-3-4-12-5-7-13(8-6-12)17(20-2)14-9-10-15(18)16(19)11-14/h5-11,17,20H,3-4H2,1-2H3. The van der Waals surface area contributed by atoms with Crippen LogP contribution < -0.4 is 5.32 Å². The van der Waals surface area contributed by atoms with Gasteiger partial charge in [-0.05, 0) is 42.3 Å². The normalized spacial score (nSPS) is 12.4. The van der Waals surface area contributed by atoms with Crippen LogP contribution in [0.2, 0.25) is 5.02 Å². The van der Waals surface area contributed by atoms with Crippen LogP contribution in [0.3, 0.4) is 0 Å². The van der Waals surface area contributed by atoms with E-state index in [2.05, 4.69) is 36.5 Å². The van der Waals surface area contributed by atoms with E-state index in [9.17, 15) is 4.39 Å². The molecule has 0 aliphatic carbocycles. The van der Waals surface area contributed by atoms with Crippen molar-refractivity contribution in [2.24, 2.45) is 0 Å². The molecule has 1 atom stereocenters. The molecule has 0 saturated carbocycles. The van der Waals surface area contributed by atoms with Crippen LogP contribution in [0.4, 0.5) is 4.39 Å². The van der Waals surface area contributed by atoms with E-state index in [0.717, 1.165) is 24.0 Å². The third kappa shape index (κ3) is 3.38. The molecule has 1 unspecified atom stereocenters. The molecule has 1 nitrogen and oxygen atoms in total. The van der Waals surface area contributed by atoms with Crippen LogP contribution in [0.25, 0.3) is 0 Å². The number of nitrogens with one attached hydrogen (secondary N) is 1. The van der Waals surface area contributed by atoms with Crippen LogP contribution in [0.15, 0.2) is 42.5 Å². The third-order valence-corrected chi connectivity index (χ3v) is 3.72. The van der Waals surface area contributed by atoms with Crippen molar-refractivity contribution in [3.63, 3.8) is 0 Å². The van der Waals surface area contributed by atoms with Gasteiger partial charge in [0.15, 0.2) is 0 Å². The van der Waals surface area contributed by atoms with Crippen molar-refractivity contribution in [1.82, 2.24) is 5.32 Å². The molecule has 2 aromatic carbocycles. The Morgan fingerprint density at radius 2 is 1.75 bits per heavy atom. The first kappa shape index (κ1) is 15.0. The second-order valence-electron chi connectivity index (χ2n) is 4.89. The molecular weight excluding hydrogens is 273 g/mol. The van der Waals surface area contributed by atoms with Crippen molar-refractivity contribution < 1.29 is 4.39 Å².